The normalized spacial score (nSPS) is 18.2. The van der Waals surface area contributed by atoms with E-state index in [2.05, 4.69) is 41.6 Å². The zero-order valence-corrected chi connectivity index (χ0v) is 11.2. The number of hydrogen-bond donors (Lipinski definition) is 1. The first-order valence-corrected chi connectivity index (χ1v) is 6.79. The van der Waals surface area contributed by atoms with E-state index in [-0.39, 0.29) is 5.54 Å². The first-order chi connectivity index (χ1) is 8.18. The molecule has 1 aromatic heterocycles. The Hall–Kier alpha value is -1.09. The minimum absolute atomic E-state index is 0.279. The molecule has 0 unspecified atom stereocenters. The van der Waals surface area contributed by atoms with Crippen molar-refractivity contribution < 1.29 is 0 Å². The van der Waals surface area contributed by atoms with Crippen LogP contribution in [0.3, 0.4) is 0 Å². The van der Waals surface area contributed by atoms with E-state index in [4.69, 9.17) is 12.2 Å². The van der Waals surface area contributed by atoms with E-state index in [9.17, 15) is 0 Å². The second-order valence-corrected chi connectivity index (χ2v) is 5.55. The molecule has 90 valence electrons. The van der Waals surface area contributed by atoms with Crippen LogP contribution in [0.25, 0.3) is 11.0 Å². The monoisotopic (exact) mass is 246 g/mol. The van der Waals surface area contributed by atoms with Gasteiger partial charge in [-0.25, -0.2) is 0 Å². The summed E-state index contributed by atoms with van der Waals surface area (Å²) in [5, 5.41) is 0. The van der Waals surface area contributed by atoms with Crippen LogP contribution in [0.5, 0.6) is 0 Å². The van der Waals surface area contributed by atoms with E-state index in [0.29, 0.717) is 0 Å². The fourth-order valence-corrected chi connectivity index (χ4v) is 3.50. The van der Waals surface area contributed by atoms with Gasteiger partial charge in [-0.1, -0.05) is 19.1 Å². The number of hydrogen-bond acceptors (Lipinski definition) is 1. The van der Waals surface area contributed by atoms with Gasteiger partial charge in [0.25, 0.3) is 0 Å². The van der Waals surface area contributed by atoms with Gasteiger partial charge >= 0.3 is 0 Å². The fourth-order valence-electron chi connectivity index (χ4n) is 3.10. The number of imidazole rings is 1. The predicted octanol–water partition coefficient (Wildman–Crippen LogP) is 4.30. The topological polar surface area (TPSA) is 20.7 Å². The van der Waals surface area contributed by atoms with Gasteiger partial charge in [-0.15, -0.1) is 0 Å². The molecule has 1 saturated carbocycles. The van der Waals surface area contributed by atoms with Crippen LogP contribution in [0.1, 0.15) is 38.2 Å². The van der Waals surface area contributed by atoms with Crippen LogP contribution in [0.4, 0.5) is 0 Å². The van der Waals surface area contributed by atoms with Crippen LogP contribution < -0.4 is 0 Å². The second-order valence-electron chi connectivity index (χ2n) is 5.17. The molecule has 1 aliphatic rings. The number of nitrogens with zero attached hydrogens (tertiary/aromatic N) is 1. The molecular weight excluding hydrogens is 228 g/mol. The minimum Gasteiger partial charge on any atom is -0.331 e. The van der Waals surface area contributed by atoms with E-state index in [1.165, 1.54) is 42.3 Å². The molecule has 1 fully saturated rings. The number of aromatic nitrogens is 2. The summed E-state index contributed by atoms with van der Waals surface area (Å²) in [4.78, 5) is 3.35. The molecule has 3 heteroatoms. The number of fused-ring (bicyclic) bond motifs is 1. The molecule has 17 heavy (non-hydrogen) atoms. The molecule has 1 aliphatic carbocycles. The molecular formula is C14H18N2S. The highest BCUT2D eigenvalue weighted by Gasteiger charge is 2.38. The summed E-state index contributed by atoms with van der Waals surface area (Å²) >= 11 is 5.53. The predicted molar refractivity (Wildman–Crippen MR) is 74.0 cm³/mol. The van der Waals surface area contributed by atoms with Crippen molar-refractivity contribution in [2.75, 3.05) is 0 Å². The molecule has 0 radical (unpaired) electrons. The lowest BCUT2D eigenvalue weighted by atomic mass is 9.74. The lowest BCUT2D eigenvalue weighted by Crippen LogP contribution is -2.40. The van der Waals surface area contributed by atoms with Crippen LogP contribution in [0.15, 0.2) is 18.2 Å². The lowest BCUT2D eigenvalue weighted by molar-refractivity contribution is 0.140. The Balaban J connectivity index is 2.35. The van der Waals surface area contributed by atoms with Gasteiger partial charge in [-0.05, 0) is 56.5 Å². The fraction of sp³-hybridized carbons (Fsp3) is 0.500. The van der Waals surface area contributed by atoms with Crippen LogP contribution in [-0.2, 0) is 5.54 Å². The Labute approximate surface area is 107 Å². The van der Waals surface area contributed by atoms with Gasteiger partial charge in [-0.2, -0.15) is 0 Å². The van der Waals surface area contributed by atoms with Crippen LogP contribution in [0, 0.1) is 11.7 Å². The van der Waals surface area contributed by atoms with Crippen molar-refractivity contribution in [1.82, 2.24) is 9.55 Å². The highest BCUT2D eigenvalue weighted by molar-refractivity contribution is 7.71. The van der Waals surface area contributed by atoms with Crippen molar-refractivity contribution in [2.45, 2.75) is 45.1 Å². The molecule has 1 aromatic carbocycles. The van der Waals surface area contributed by atoms with E-state index in [1.54, 1.807) is 0 Å². The average Bonchev–Trinajstić information content (AvgIpc) is 2.57. The van der Waals surface area contributed by atoms with E-state index < -0.39 is 0 Å². The number of para-hydroxylation sites is 1. The van der Waals surface area contributed by atoms with Crippen molar-refractivity contribution in [1.29, 1.82) is 0 Å². The molecule has 2 aromatic rings. The van der Waals surface area contributed by atoms with E-state index >= 15 is 0 Å². The van der Waals surface area contributed by atoms with Crippen LogP contribution in [0.2, 0.25) is 0 Å². The summed E-state index contributed by atoms with van der Waals surface area (Å²) in [6.45, 7) is 4.45. The maximum Gasteiger partial charge on any atom is 0.178 e. The number of aromatic amines is 1. The number of benzene rings is 1. The Bertz CT molecular complexity index is 611. The first kappa shape index (κ1) is 11.0. The summed E-state index contributed by atoms with van der Waals surface area (Å²) in [5.74, 6) is 0. The third-order valence-corrected chi connectivity index (χ3v) is 4.61. The maximum absolute atomic E-state index is 5.53. The zero-order valence-electron chi connectivity index (χ0n) is 10.4. The van der Waals surface area contributed by atoms with Gasteiger partial charge in [0.1, 0.15) is 0 Å². The van der Waals surface area contributed by atoms with Gasteiger partial charge in [-0.3, -0.25) is 0 Å². The molecule has 0 atom stereocenters. The Morgan fingerprint density at radius 2 is 2.18 bits per heavy atom. The summed E-state index contributed by atoms with van der Waals surface area (Å²) in [6, 6.07) is 6.38. The Kier molecular flexibility index (Phi) is 2.40. The van der Waals surface area contributed by atoms with E-state index in [0.717, 1.165) is 4.77 Å². The molecule has 0 amide bonds. The highest BCUT2D eigenvalue weighted by Crippen LogP contribution is 2.44. The number of nitrogens with one attached hydrogen (secondary N) is 1. The van der Waals surface area contributed by atoms with E-state index in [1.807, 2.05) is 0 Å². The first-order valence-electron chi connectivity index (χ1n) is 6.39. The van der Waals surface area contributed by atoms with Gasteiger partial charge in [0.05, 0.1) is 11.0 Å². The third kappa shape index (κ3) is 1.41. The highest BCUT2D eigenvalue weighted by atomic mass is 32.1. The van der Waals surface area contributed by atoms with Gasteiger partial charge in [0.2, 0.25) is 0 Å². The zero-order chi connectivity index (χ0) is 12.0. The average molecular weight is 246 g/mol. The minimum atomic E-state index is 0.279. The van der Waals surface area contributed by atoms with Gasteiger partial charge in [0.15, 0.2) is 4.77 Å². The van der Waals surface area contributed by atoms with Crippen LogP contribution in [-0.4, -0.2) is 9.55 Å². The standard InChI is InChI=1S/C14H18N2S/c1-3-14(8-5-9-14)16-12-10(2)6-4-7-11(12)15-13(16)17/h4,6-7H,3,5,8-9H2,1-2H3,(H,15,17). The van der Waals surface area contributed by atoms with Crippen molar-refractivity contribution in [2.24, 2.45) is 0 Å². The van der Waals surface area contributed by atoms with Crippen molar-refractivity contribution in [3.63, 3.8) is 0 Å². The van der Waals surface area contributed by atoms with Gasteiger partial charge < -0.3 is 9.55 Å². The molecule has 1 N–H and O–H groups in total. The molecule has 0 bridgehead atoms. The van der Waals surface area contributed by atoms with Gasteiger partial charge in [0, 0.05) is 5.54 Å². The third-order valence-electron chi connectivity index (χ3n) is 4.32. The summed E-state index contributed by atoms with van der Waals surface area (Å²) in [6.07, 6.45) is 5.02. The SMILES string of the molecule is CCC1(n2c(=S)[nH]c3cccc(C)c32)CCC1. The largest absolute Gasteiger partial charge is 0.331 e. The second kappa shape index (κ2) is 3.70. The summed E-state index contributed by atoms with van der Waals surface area (Å²) in [7, 11) is 0. The maximum atomic E-state index is 5.53. The quantitative estimate of drug-likeness (QED) is 0.784. The number of H-pyrrole nitrogens is 1. The molecule has 1 heterocycles. The van der Waals surface area contributed by atoms with Crippen molar-refractivity contribution >= 4 is 23.3 Å². The molecule has 0 spiro atoms. The Morgan fingerprint density at radius 1 is 1.41 bits per heavy atom. The summed E-state index contributed by atoms with van der Waals surface area (Å²) in [5.41, 5.74) is 4.07. The van der Waals surface area contributed by atoms with Crippen molar-refractivity contribution in [3.05, 3.63) is 28.5 Å². The number of rotatable bonds is 2. The Morgan fingerprint density at radius 3 is 2.76 bits per heavy atom. The lowest BCUT2D eigenvalue weighted by Gasteiger charge is -2.43. The van der Waals surface area contributed by atoms with Crippen LogP contribution >= 0.6 is 12.2 Å². The number of aryl methyl sites for hydroxylation is 1. The van der Waals surface area contributed by atoms with Crippen molar-refractivity contribution in [3.8, 4) is 0 Å². The molecule has 0 aliphatic heterocycles. The summed E-state index contributed by atoms with van der Waals surface area (Å²) < 4.78 is 3.27. The molecule has 3 rings (SSSR count). The molecule has 2 nitrogen and oxygen atoms in total. The smallest absolute Gasteiger partial charge is 0.178 e. The molecule has 0 saturated heterocycles.